The van der Waals surface area contributed by atoms with Crippen molar-refractivity contribution in [3.63, 3.8) is 0 Å². The van der Waals surface area contributed by atoms with Gasteiger partial charge in [-0.3, -0.25) is 14.4 Å². The summed E-state index contributed by atoms with van der Waals surface area (Å²) in [5, 5.41) is 14.5. The monoisotopic (exact) mass is 542 g/mol. The fourth-order valence-corrected chi connectivity index (χ4v) is 6.84. The summed E-state index contributed by atoms with van der Waals surface area (Å²) in [7, 11) is -4.25. The Morgan fingerprint density at radius 1 is 1.16 bits per heavy atom. The van der Waals surface area contributed by atoms with Crippen molar-refractivity contribution in [2.24, 2.45) is 0 Å². The fraction of sp³-hybridized carbons (Fsp3) is 0.481. The van der Waals surface area contributed by atoms with E-state index in [-0.39, 0.29) is 29.0 Å². The molecule has 0 aliphatic carbocycles. The maximum atomic E-state index is 13.6. The number of ketones is 1. The zero-order valence-corrected chi connectivity index (χ0v) is 22.9. The molecular formula is C27H34N4O6S. The number of rotatable bonds is 7. The lowest BCUT2D eigenvalue weighted by atomic mass is 9.86. The highest BCUT2D eigenvalue weighted by Crippen LogP contribution is 2.34. The van der Waals surface area contributed by atoms with Gasteiger partial charge in [-0.2, -0.15) is 9.04 Å². The summed E-state index contributed by atoms with van der Waals surface area (Å²) in [6.45, 7) is 7.89. The Labute approximate surface area is 223 Å². The highest BCUT2D eigenvalue weighted by molar-refractivity contribution is 7.89. The van der Waals surface area contributed by atoms with E-state index >= 15 is 0 Å². The van der Waals surface area contributed by atoms with Gasteiger partial charge in [0.15, 0.2) is 12.0 Å². The first-order valence-corrected chi connectivity index (χ1v) is 14.2. The number of carbonyl (C=O) groups is 3. The van der Waals surface area contributed by atoms with Gasteiger partial charge in [0.2, 0.25) is 5.91 Å². The number of pyridine rings is 1. The van der Waals surface area contributed by atoms with E-state index in [0.717, 1.165) is 16.1 Å². The molecule has 10 nitrogen and oxygen atoms in total. The third kappa shape index (κ3) is 5.17. The molecule has 3 heterocycles. The van der Waals surface area contributed by atoms with E-state index in [1.807, 2.05) is 19.1 Å². The van der Waals surface area contributed by atoms with Crippen LogP contribution in [0.5, 0.6) is 0 Å². The molecule has 0 spiro atoms. The van der Waals surface area contributed by atoms with Gasteiger partial charge >= 0.3 is 15.0 Å². The average Bonchev–Trinajstić information content (AvgIpc) is 3.44. The van der Waals surface area contributed by atoms with Crippen LogP contribution in [-0.2, 0) is 25.0 Å². The van der Waals surface area contributed by atoms with E-state index < -0.39 is 51.4 Å². The highest BCUT2D eigenvalue weighted by Gasteiger charge is 2.55. The van der Waals surface area contributed by atoms with Crippen LogP contribution < -0.4 is 10.0 Å². The number of hydrogen-bond donors (Lipinski definition) is 1. The van der Waals surface area contributed by atoms with Crippen LogP contribution in [0.3, 0.4) is 0 Å². The van der Waals surface area contributed by atoms with E-state index in [4.69, 9.17) is 0 Å². The SMILES string of the molecule is CCCC(NC(=O)c1ccc(C(C)(C)C)cc1)C(=O)N1CCC2C1C(=O)CN2S(=O)(=O)c1cccc[n+]1[O-]. The largest absolute Gasteiger partial charge is 0.618 e. The lowest BCUT2D eigenvalue weighted by Crippen LogP contribution is -2.52. The lowest BCUT2D eigenvalue weighted by Gasteiger charge is -2.28. The van der Waals surface area contributed by atoms with Crippen LogP contribution in [0.15, 0.2) is 53.7 Å². The van der Waals surface area contributed by atoms with Gasteiger partial charge in [0.05, 0.1) is 12.6 Å². The molecule has 2 amide bonds. The molecule has 2 saturated heterocycles. The molecule has 2 fully saturated rings. The Morgan fingerprint density at radius 2 is 1.84 bits per heavy atom. The van der Waals surface area contributed by atoms with Crippen molar-refractivity contribution in [3.05, 3.63) is 65.0 Å². The molecule has 3 atom stereocenters. The summed E-state index contributed by atoms with van der Waals surface area (Å²) >= 11 is 0. The summed E-state index contributed by atoms with van der Waals surface area (Å²) in [4.78, 5) is 41.0. The van der Waals surface area contributed by atoms with Crippen molar-refractivity contribution < 1.29 is 27.5 Å². The number of hydrogen-bond acceptors (Lipinski definition) is 6. The lowest BCUT2D eigenvalue weighted by molar-refractivity contribution is -0.646. The van der Waals surface area contributed by atoms with Gasteiger partial charge in [-0.15, -0.1) is 0 Å². The number of Topliss-reactive ketones (excluding diaryl/α,β-unsaturated/α-hetero) is 1. The number of aromatic nitrogens is 1. The van der Waals surface area contributed by atoms with Crippen LogP contribution in [0.2, 0.25) is 0 Å². The van der Waals surface area contributed by atoms with Crippen molar-refractivity contribution in [1.29, 1.82) is 0 Å². The first-order chi connectivity index (χ1) is 17.9. The third-order valence-corrected chi connectivity index (χ3v) is 9.08. The predicted molar refractivity (Wildman–Crippen MR) is 140 cm³/mol. The maximum absolute atomic E-state index is 13.6. The van der Waals surface area contributed by atoms with Crippen LogP contribution in [0.25, 0.3) is 0 Å². The van der Waals surface area contributed by atoms with Gasteiger partial charge in [-0.1, -0.05) is 46.2 Å². The number of carbonyl (C=O) groups excluding carboxylic acids is 3. The Kier molecular flexibility index (Phi) is 7.62. The topological polar surface area (TPSA) is 131 Å². The molecular weight excluding hydrogens is 508 g/mol. The Hall–Kier alpha value is -3.31. The predicted octanol–water partition coefficient (Wildman–Crippen LogP) is 1.76. The first kappa shape index (κ1) is 27.7. The second-order valence-electron chi connectivity index (χ2n) is 10.9. The normalized spacial score (nSPS) is 20.8. The molecule has 1 N–H and O–H groups in total. The molecule has 0 bridgehead atoms. The molecule has 1 aromatic heterocycles. The minimum absolute atomic E-state index is 0.0638. The molecule has 2 aliphatic rings. The second kappa shape index (κ2) is 10.5. The van der Waals surface area contributed by atoms with Crippen molar-refractivity contribution >= 4 is 27.6 Å². The fourth-order valence-electron chi connectivity index (χ4n) is 5.18. The number of sulfonamides is 1. The quantitative estimate of drug-likeness (QED) is 0.419. The minimum Gasteiger partial charge on any atom is -0.618 e. The Bertz CT molecular complexity index is 1340. The summed E-state index contributed by atoms with van der Waals surface area (Å²) < 4.78 is 27.8. The van der Waals surface area contributed by atoms with Gasteiger partial charge in [0.1, 0.15) is 12.1 Å². The van der Waals surface area contributed by atoms with Crippen molar-refractivity contribution in [2.75, 3.05) is 13.1 Å². The minimum atomic E-state index is -4.25. The first-order valence-electron chi connectivity index (χ1n) is 12.8. The zero-order chi connectivity index (χ0) is 27.8. The highest BCUT2D eigenvalue weighted by atomic mass is 32.2. The van der Waals surface area contributed by atoms with E-state index in [1.165, 1.54) is 23.1 Å². The molecule has 3 unspecified atom stereocenters. The molecule has 2 aromatic rings. The molecule has 2 aliphatic heterocycles. The molecule has 11 heteroatoms. The molecule has 1 aromatic carbocycles. The molecule has 0 radical (unpaired) electrons. The number of nitrogens with zero attached hydrogens (tertiary/aromatic N) is 3. The van der Waals surface area contributed by atoms with Crippen molar-refractivity contribution in [3.8, 4) is 0 Å². The summed E-state index contributed by atoms with van der Waals surface area (Å²) in [6.07, 6.45) is 2.33. The van der Waals surface area contributed by atoms with Gasteiger partial charge in [0.25, 0.3) is 5.91 Å². The van der Waals surface area contributed by atoms with Crippen LogP contribution >= 0.6 is 0 Å². The van der Waals surface area contributed by atoms with Gasteiger partial charge in [-0.05, 0) is 42.0 Å². The zero-order valence-electron chi connectivity index (χ0n) is 22.1. The number of benzene rings is 1. The van der Waals surface area contributed by atoms with E-state index in [1.54, 1.807) is 12.1 Å². The van der Waals surface area contributed by atoms with E-state index in [0.29, 0.717) is 18.4 Å². The van der Waals surface area contributed by atoms with Crippen molar-refractivity contribution in [1.82, 2.24) is 14.5 Å². The van der Waals surface area contributed by atoms with Crippen molar-refractivity contribution in [2.45, 2.75) is 75.5 Å². The Balaban J connectivity index is 1.52. The summed E-state index contributed by atoms with van der Waals surface area (Å²) in [5.41, 5.74) is 1.44. The van der Waals surface area contributed by atoms with Gasteiger partial charge in [0, 0.05) is 24.2 Å². The van der Waals surface area contributed by atoms with E-state index in [2.05, 4.69) is 26.1 Å². The number of amides is 2. The molecule has 0 saturated carbocycles. The second-order valence-corrected chi connectivity index (χ2v) is 12.7. The number of likely N-dealkylation sites (tertiary alicyclic amines) is 1. The van der Waals surface area contributed by atoms with Gasteiger partial charge < -0.3 is 15.4 Å². The summed E-state index contributed by atoms with van der Waals surface area (Å²) in [6, 6.07) is 8.71. The van der Waals surface area contributed by atoms with E-state index in [9.17, 15) is 28.0 Å². The molecule has 4 rings (SSSR count). The van der Waals surface area contributed by atoms with Crippen LogP contribution in [0.1, 0.15) is 62.9 Å². The smallest absolute Gasteiger partial charge is 0.323 e. The summed E-state index contributed by atoms with van der Waals surface area (Å²) in [5.74, 6) is -1.21. The standard InChI is InChI=1S/C27H34N4O6S/c1-5-8-20(28-25(33)18-10-12-19(13-11-18)27(2,3)4)26(34)29-16-14-21-24(29)22(32)17-31(21)38(36,37)23-9-6-7-15-30(23)35/h6-7,9-13,15,20-21,24H,5,8,14,16-17H2,1-4H3,(H,28,33). The molecule has 204 valence electrons. The molecule has 38 heavy (non-hydrogen) atoms. The third-order valence-electron chi connectivity index (χ3n) is 7.22. The van der Waals surface area contributed by atoms with Crippen LogP contribution in [0.4, 0.5) is 0 Å². The number of fused-ring (bicyclic) bond motifs is 1. The van der Waals surface area contributed by atoms with Crippen LogP contribution in [0, 0.1) is 5.21 Å². The maximum Gasteiger partial charge on any atom is 0.323 e. The van der Waals surface area contributed by atoms with Crippen LogP contribution in [-0.4, -0.2) is 66.4 Å². The Morgan fingerprint density at radius 3 is 2.45 bits per heavy atom. The van der Waals surface area contributed by atoms with Gasteiger partial charge in [-0.25, -0.2) is 8.42 Å². The number of nitrogens with one attached hydrogen (secondary N) is 1. The average molecular weight is 543 g/mol.